The first kappa shape index (κ1) is 24.4. The van der Waals surface area contributed by atoms with Crippen molar-refractivity contribution in [2.24, 2.45) is 0 Å². The van der Waals surface area contributed by atoms with Gasteiger partial charge in [0.25, 0.3) is 0 Å². The number of para-hydroxylation sites is 1. The second-order valence-electron chi connectivity index (χ2n) is 8.59. The number of methoxy groups -OCH3 is 3. The summed E-state index contributed by atoms with van der Waals surface area (Å²) in [6, 6.07) is 13.3. The highest BCUT2D eigenvalue weighted by Crippen LogP contribution is 2.48. The van der Waals surface area contributed by atoms with E-state index in [2.05, 4.69) is 5.32 Å². The number of dihydropyridines is 1. The van der Waals surface area contributed by atoms with Gasteiger partial charge in [0.15, 0.2) is 17.3 Å². The van der Waals surface area contributed by atoms with E-state index in [0.29, 0.717) is 46.9 Å². The smallest absolute Gasteiger partial charge is 0.336 e. The number of nitrogens with one attached hydrogen (secondary N) is 1. The molecule has 0 amide bonds. The first-order valence-corrected chi connectivity index (χ1v) is 11.7. The Morgan fingerprint density at radius 2 is 1.69 bits per heavy atom. The number of Topliss-reactive ketones (excluding diaryl/α,β-unsaturated/α-hetero) is 1. The molecule has 7 heteroatoms. The van der Waals surface area contributed by atoms with Gasteiger partial charge >= 0.3 is 5.97 Å². The summed E-state index contributed by atoms with van der Waals surface area (Å²) in [5, 5.41) is 3.37. The number of benzene rings is 2. The Balaban J connectivity index is 1.80. The van der Waals surface area contributed by atoms with Gasteiger partial charge in [0.2, 0.25) is 0 Å². The van der Waals surface area contributed by atoms with E-state index >= 15 is 0 Å². The predicted octanol–water partition coefficient (Wildman–Crippen LogP) is 4.64. The van der Waals surface area contributed by atoms with Crippen molar-refractivity contribution in [1.82, 2.24) is 5.32 Å². The van der Waals surface area contributed by atoms with Gasteiger partial charge in [-0.15, -0.1) is 0 Å². The van der Waals surface area contributed by atoms with Crippen LogP contribution in [0.25, 0.3) is 0 Å². The molecule has 1 aliphatic carbocycles. The number of rotatable bonds is 7. The third-order valence-electron chi connectivity index (χ3n) is 6.65. The molecule has 0 spiro atoms. The monoisotopic (exact) mass is 477 g/mol. The lowest BCUT2D eigenvalue weighted by Crippen LogP contribution is -2.36. The van der Waals surface area contributed by atoms with Gasteiger partial charge in [-0.3, -0.25) is 4.79 Å². The lowest BCUT2D eigenvalue weighted by atomic mass is 9.71. The van der Waals surface area contributed by atoms with Crippen LogP contribution >= 0.6 is 0 Å². The summed E-state index contributed by atoms with van der Waals surface area (Å²) in [6.07, 6.45) is 0.937. The van der Waals surface area contributed by atoms with Gasteiger partial charge in [-0.1, -0.05) is 24.3 Å². The van der Waals surface area contributed by atoms with Crippen molar-refractivity contribution < 1.29 is 28.5 Å². The molecule has 1 aliphatic heterocycles. The molecule has 2 atom stereocenters. The zero-order chi connectivity index (χ0) is 25.1. The van der Waals surface area contributed by atoms with Crippen LogP contribution in [0.15, 0.2) is 65.0 Å². The van der Waals surface area contributed by atoms with Crippen LogP contribution in [0.4, 0.5) is 0 Å². The average molecular weight is 478 g/mol. The zero-order valence-electron chi connectivity index (χ0n) is 20.8. The third-order valence-corrected chi connectivity index (χ3v) is 6.65. The molecule has 1 heterocycles. The molecule has 7 nitrogen and oxygen atoms in total. The fourth-order valence-corrected chi connectivity index (χ4v) is 5.08. The molecule has 2 aromatic carbocycles. The SMILES string of the molecule is CCOC(=O)C1=C(C)NC2=C(C(=O)C[C@H](c3ccc(OC)c(OC)c3)C2)[C@@H]1c1ccccc1OC. The first-order valence-electron chi connectivity index (χ1n) is 11.7. The molecule has 1 N–H and O–H groups in total. The van der Waals surface area contributed by atoms with Crippen LogP contribution in [0.5, 0.6) is 17.2 Å². The molecule has 0 aromatic heterocycles. The Hall–Kier alpha value is -3.74. The minimum atomic E-state index is -0.569. The van der Waals surface area contributed by atoms with E-state index in [1.807, 2.05) is 49.4 Å². The molecule has 0 saturated heterocycles. The largest absolute Gasteiger partial charge is 0.496 e. The van der Waals surface area contributed by atoms with Crippen LogP contribution < -0.4 is 19.5 Å². The maximum Gasteiger partial charge on any atom is 0.336 e. The number of esters is 1. The van der Waals surface area contributed by atoms with Gasteiger partial charge in [0.1, 0.15) is 5.75 Å². The second-order valence-corrected chi connectivity index (χ2v) is 8.59. The van der Waals surface area contributed by atoms with Crippen LogP contribution in [0.2, 0.25) is 0 Å². The van der Waals surface area contributed by atoms with Crippen molar-refractivity contribution in [3.8, 4) is 17.2 Å². The molecule has 0 radical (unpaired) electrons. The number of carbonyl (C=O) groups excluding carboxylic acids is 2. The quantitative estimate of drug-likeness (QED) is 0.582. The van der Waals surface area contributed by atoms with Crippen LogP contribution in [0.1, 0.15) is 49.7 Å². The van der Waals surface area contributed by atoms with Gasteiger partial charge in [-0.2, -0.15) is 0 Å². The normalized spacial score (nSPS) is 19.6. The van der Waals surface area contributed by atoms with Gasteiger partial charge in [0.05, 0.1) is 39.4 Å². The van der Waals surface area contributed by atoms with E-state index in [1.165, 1.54) is 0 Å². The van der Waals surface area contributed by atoms with Gasteiger partial charge in [0, 0.05) is 29.0 Å². The highest BCUT2D eigenvalue weighted by molar-refractivity contribution is 6.04. The summed E-state index contributed by atoms with van der Waals surface area (Å²) >= 11 is 0. The molecule has 184 valence electrons. The topological polar surface area (TPSA) is 83.1 Å². The standard InChI is InChI=1S/C28H31NO6/c1-6-35-28(31)25-16(2)29-20-13-18(17-11-12-23(33-4)24(15-17)34-5)14-21(30)27(20)26(25)19-9-7-8-10-22(19)32-3/h7-12,15,18,26,29H,6,13-14H2,1-5H3/t18-,26-/m1/s1. The highest BCUT2D eigenvalue weighted by Gasteiger charge is 2.42. The molecule has 35 heavy (non-hydrogen) atoms. The third kappa shape index (κ3) is 4.50. The molecular weight excluding hydrogens is 446 g/mol. The Morgan fingerprint density at radius 3 is 2.37 bits per heavy atom. The summed E-state index contributed by atoms with van der Waals surface area (Å²) < 4.78 is 21.8. The van der Waals surface area contributed by atoms with E-state index in [0.717, 1.165) is 16.8 Å². The predicted molar refractivity (Wildman–Crippen MR) is 132 cm³/mol. The minimum absolute atomic E-state index is 0.0104. The molecule has 0 fully saturated rings. The number of ether oxygens (including phenoxy) is 4. The molecule has 2 aliphatic rings. The fraction of sp³-hybridized carbons (Fsp3) is 0.357. The van der Waals surface area contributed by atoms with E-state index in [-0.39, 0.29) is 18.3 Å². The maximum atomic E-state index is 13.7. The molecule has 0 unspecified atom stereocenters. The van der Waals surface area contributed by atoms with Crippen LogP contribution in [-0.4, -0.2) is 39.7 Å². The molecule has 4 rings (SSSR count). The van der Waals surface area contributed by atoms with Crippen molar-refractivity contribution in [1.29, 1.82) is 0 Å². The summed E-state index contributed by atoms with van der Waals surface area (Å²) in [5.74, 6) is 0.836. The lowest BCUT2D eigenvalue weighted by molar-refractivity contribution is -0.138. The van der Waals surface area contributed by atoms with E-state index in [1.54, 1.807) is 28.3 Å². The zero-order valence-corrected chi connectivity index (χ0v) is 20.8. The van der Waals surface area contributed by atoms with Crippen molar-refractivity contribution in [2.45, 2.75) is 38.5 Å². The maximum absolute atomic E-state index is 13.7. The van der Waals surface area contributed by atoms with Crippen molar-refractivity contribution in [2.75, 3.05) is 27.9 Å². The van der Waals surface area contributed by atoms with Crippen molar-refractivity contribution >= 4 is 11.8 Å². The summed E-state index contributed by atoms with van der Waals surface area (Å²) in [6.45, 7) is 3.87. The average Bonchev–Trinajstić information content (AvgIpc) is 2.87. The van der Waals surface area contributed by atoms with Gasteiger partial charge in [-0.05, 0) is 49.9 Å². The Kier molecular flexibility index (Phi) is 7.15. The number of allylic oxidation sites excluding steroid dienone is 3. The van der Waals surface area contributed by atoms with E-state index in [9.17, 15) is 9.59 Å². The van der Waals surface area contributed by atoms with Gasteiger partial charge < -0.3 is 24.3 Å². The van der Waals surface area contributed by atoms with Crippen LogP contribution in [0.3, 0.4) is 0 Å². The summed E-state index contributed by atoms with van der Waals surface area (Å²) in [5.41, 5.74) is 4.30. The van der Waals surface area contributed by atoms with E-state index in [4.69, 9.17) is 18.9 Å². The fourth-order valence-electron chi connectivity index (χ4n) is 5.08. The number of hydrogen-bond acceptors (Lipinski definition) is 7. The van der Waals surface area contributed by atoms with Crippen LogP contribution in [0, 0.1) is 0 Å². The lowest BCUT2D eigenvalue weighted by Gasteiger charge is -2.37. The second kappa shape index (κ2) is 10.3. The Labute approximate surface area is 205 Å². The van der Waals surface area contributed by atoms with Crippen molar-refractivity contribution in [3.05, 3.63) is 76.1 Å². The minimum Gasteiger partial charge on any atom is -0.496 e. The Bertz CT molecular complexity index is 1210. The summed E-state index contributed by atoms with van der Waals surface area (Å²) in [7, 11) is 4.78. The van der Waals surface area contributed by atoms with Gasteiger partial charge in [-0.25, -0.2) is 4.79 Å². The molecule has 2 aromatic rings. The van der Waals surface area contributed by atoms with Crippen LogP contribution in [-0.2, 0) is 14.3 Å². The highest BCUT2D eigenvalue weighted by atomic mass is 16.5. The van der Waals surface area contributed by atoms with Crippen molar-refractivity contribution in [3.63, 3.8) is 0 Å². The van der Waals surface area contributed by atoms with E-state index < -0.39 is 11.9 Å². The number of carbonyl (C=O) groups is 2. The molecule has 0 bridgehead atoms. The number of ketones is 1. The summed E-state index contributed by atoms with van der Waals surface area (Å²) in [4.78, 5) is 26.8. The Morgan fingerprint density at radius 1 is 0.971 bits per heavy atom. The molecule has 0 saturated carbocycles. The molecular formula is C28H31NO6. The number of hydrogen-bond donors (Lipinski definition) is 1. The first-order chi connectivity index (χ1) is 16.9.